The molecule has 2 unspecified atom stereocenters. The van der Waals surface area contributed by atoms with Gasteiger partial charge in [-0.3, -0.25) is 4.79 Å². The summed E-state index contributed by atoms with van der Waals surface area (Å²) in [7, 11) is -11.5. The highest BCUT2D eigenvalue weighted by Crippen LogP contribution is 2.47. The minimum absolute atomic E-state index is 0.325. The van der Waals surface area contributed by atoms with Crippen LogP contribution in [0.15, 0.2) is 35.5 Å². The maximum absolute atomic E-state index is 14.7. The predicted octanol–water partition coefficient (Wildman–Crippen LogP) is 2.18. The number of halogens is 5. The molecule has 1 aliphatic heterocycles. The number of hydrogen-bond donors (Lipinski definition) is 2. The zero-order valence-corrected chi connectivity index (χ0v) is 17.5. The van der Waals surface area contributed by atoms with Crippen LogP contribution in [0.4, 0.5) is 33.3 Å². The fourth-order valence-corrected chi connectivity index (χ4v) is 3.91. The molecule has 0 bridgehead atoms. The number of rotatable bonds is 6. The Morgan fingerprint density at radius 2 is 2.06 bits per heavy atom. The molecule has 1 saturated heterocycles. The maximum atomic E-state index is 14.7. The van der Waals surface area contributed by atoms with E-state index < -0.39 is 88.9 Å². The molecule has 34 heavy (non-hydrogen) atoms. The number of nitrogens with two attached hydrogens (primary N) is 1. The smallest absolute Gasteiger partial charge is 0.419 e. The van der Waals surface area contributed by atoms with Crippen molar-refractivity contribution >= 4 is 27.3 Å². The van der Waals surface area contributed by atoms with Crippen LogP contribution in [0, 0.1) is 11.6 Å². The summed E-state index contributed by atoms with van der Waals surface area (Å²) in [5.74, 6) is -6.28. The van der Waals surface area contributed by atoms with Crippen LogP contribution in [0.3, 0.4) is 0 Å². The third-order valence-electron chi connectivity index (χ3n) is 5.07. The molecular formula is C19H19F5N4O5S. The van der Waals surface area contributed by atoms with Gasteiger partial charge < -0.3 is 19.7 Å². The highest BCUT2D eigenvalue weighted by Gasteiger charge is 2.63. The van der Waals surface area contributed by atoms with Crippen molar-refractivity contribution in [1.29, 1.82) is 0 Å². The minimum atomic E-state index is -5.46. The molecule has 0 saturated carbocycles. The van der Waals surface area contributed by atoms with Gasteiger partial charge in [0.25, 0.3) is 10.0 Å². The van der Waals surface area contributed by atoms with Gasteiger partial charge in [-0.25, -0.2) is 22.9 Å². The summed E-state index contributed by atoms with van der Waals surface area (Å²) in [5.41, 5.74) is -4.78. The monoisotopic (exact) mass is 516 g/mol. The highest BCUT2D eigenvalue weighted by atomic mass is 32.2. The van der Waals surface area contributed by atoms with Gasteiger partial charge in [0.2, 0.25) is 11.7 Å². The summed E-state index contributed by atoms with van der Waals surface area (Å²) in [6, 6.07) is 0.781. The van der Waals surface area contributed by atoms with Crippen molar-refractivity contribution in [2.24, 2.45) is 5.14 Å². The molecule has 3 N–H and O–H groups in total. The number of benzene rings is 1. The third kappa shape index (κ3) is 4.63. The molecule has 1 aromatic heterocycles. The standard InChI is InChI=1S/C19H19F5N4O5S/c1-32-16-12(4-3-11(20)15(16)21)28-9-18(33-2,19(22,23)24)8-13(28)17(29)27-10-5-6-26-14(7-10)34(25,30)31/h3-7,13H,8-9H2,1-2H3,(H2,25,30,31)(H,26,27,29)/i1D3,2D3. The first-order chi connectivity index (χ1) is 18.0. The van der Waals surface area contributed by atoms with Crippen molar-refractivity contribution in [3.63, 3.8) is 0 Å². The largest absolute Gasteiger partial charge is 0.491 e. The van der Waals surface area contributed by atoms with Crippen LogP contribution < -0.4 is 20.1 Å². The van der Waals surface area contributed by atoms with Crippen molar-refractivity contribution < 1.29 is 52.9 Å². The van der Waals surface area contributed by atoms with E-state index in [0.717, 1.165) is 18.3 Å². The van der Waals surface area contributed by atoms with Crippen LogP contribution >= 0.6 is 0 Å². The Hall–Kier alpha value is -3.04. The lowest BCUT2D eigenvalue weighted by molar-refractivity contribution is -0.261. The molecule has 2 heterocycles. The highest BCUT2D eigenvalue weighted by molar-refractivity contribution is 7.89. The van der Waals surface area contributed by atoms with Crippen molar-refractivity contribution in [2.75, 3.05) is 30.8 Å². The van der Waals surface area contributed by atoms with Gasteiger partial charge in [-0.2, -0.15) is 17.6 Å². The summed E-state index contributed by atoms with van der Waals surface area (Å²) in [6.45, 7) is -1.51. The lowest BCUT2D eigenvalue weighted by atomic mass is 9.99. The molecule has 1 aliphatic rings. The third-order valence-corrected chi connectivity index (χ3v) is 5.88. The number of aromatic nitrogens is 1. The van der Waals surface area contributed by atoms with Crippen molar-refractivity contribution in [2.45, 2.75) is 29.3 Å². The van der Waals surface area contributed by atoms with Gasteiger partial charge in [0, 0.05) is 31.4 Å². The molecule has 2 atom stereocenters. The Morgan fingerprint density at radius 1 is 1.32 bits per heavy atom. The molecule has 3 rings (SSSR count). The van der Waals surface area contributed by atoms with Crippen LogP contribution in [0.25, 0.3) is 0 Å². The number of primary sulfonamides is 1. The average Bonchev–Trinajstić information content (AvgIpc) is 3.15. The molecule has 186 valence electrons. The summed E-state index contributed by atoms with van der Waals surface area (Å²) in [5, 5.41) is 6.37. The van der Waals surface area contributed by atoms with Crippen molar-refractivity contribution in [3.05, 3.63) is 42.1 Å². The molecule has 15 heteroatoms. The Morgan fingerprint density at radius 3 is 2.68 bits per heavy atom. The van der Waals surface area contributed by atoms with E-state index >= 15 is 0 Å². The lowest BCUT2D eigenvalue weighted by Crippen LogP contribution is -2.49. The number of nitrogens with one attached hydrogen (secondary N) is 1. The SMILES string of the molecule is [2H]C([2H])([2H])Oc1c(N2CC(OC([2H])([2H])[2H])(C(F)(F)F)CC2C(=O)Nc2ccnc(S(N)(=O)=O)c2)ccc(F)c1F. The fourth-order valence-electron chi connectivity index (χ4n) is 3.41. The van der Waals surface area contributed by atoms with Gasteiger partial charge in [-0.1, -0.05) is 0 Å². The zero-order valence-electron chi connectivity index (χ0n) is 22.7. The molecule has 1 fully saturated rings. The van der Waals surface area contributed by atoms with E-state index in [-0.39, 0.29) is 5.69 Å². The van der Waals surface area contributed by atoms with E-state index in [2.05, 4.69) is 19.8 Å². The van der Waals surface area contributed by atoms with Gasteiger partial charge in [0.15, 0.2) is 22.2 Å². The van der Waals surface area contributed by atoms with Gasteiger partial charge in [0.1, 0.15) is 6.04 Å². The molecule has 1 amide bonds. The second-order valence-electron chi connectivity index (χ2n) is 7.17. The number of amides is 1. The van der Waals surface area contributed by atoms with Crippen LogP contribution in [0.2, 0.25) is 0 Å². The van der Waals surface area contributed by atoms with Crippen LogP contribution in [-0.4, -0.2) is 57.7 Å². The number of carbonyl (C=O) groups is 1. The molecule has 1 aromatic carbocycles. The predicted molar refractivity (Wildman–Crippen MR) is 109 cm³/mol. The minimum Gasteiger partial charge on any atom is -0.491 e. The van der Waals surface area contributed by atoms with Crippen molar-refractivity contribution in [3.8, 4) is 5.75 Å². The number of nitrogens with zero attached hydrogens (tertiary/aromatic N) is 2. The molecule has 0 aliphatic carbocycles. The van der Waals surface area contributed by atoms with Crippen LogP contribution in [-0.2, 0) is 19.6 Å². The molecule has 0 spiro atoms. The first-order valence-electron chi connectivity index (χ1n) is 12.0. The summed E-state index contributed by atoms with van der Waals surface area (Å²) >= 11 is 0. The van der Waals surface area contributed by atoms with E-state index in [1.54, 1.807) is 0 Å². The second kappa shape index (κ2) is 8.96. The van der Waals surface area contributed by atoms with E-state index in [1.807, 2.05) is 0 Å². The number of ether oxygens (including phenoxy) is 2. The van der Waals surface area contributed by atoms with E-state index in [4.69, 9.17) is 13.4 Å². The first-order valence-corrected chi connectivity index (χ1v) is 10.6. The van der Waals surface area contributed by atoms with Crippen molar-refractivity contribution in [1.82, 2.24) is 4.98 Å². The second-order valence-corrected chi connectivity index (χ2v) is 8.68. The van der Waals surface area contributed by atoms with Crippen LogP contribution in [0.1, 0.15) is 14.6 Å². The normalized spacial score (nSPS) is 24.3. The Balaban J connectivity index is 2.17. The quantitative estimate of drug-likeness (QED) is 0.564. The number of pyridine rings is 1. The summed E-state index contributed by atoms with van der Waals surface area (Å²) in [4.78, 5) is 17.2. The number of carbonyl (C=O) groups excluding carboxylic acids is 1. The van der Waals surface area contributed by atoms with E-state index in [1.165, 1.54) is 0 Å². The van der Waals surface area contributed by atoms with Gasteiger partial charge in [0.05, 0.1) is 27.5 Å². The van der Waals surface area contributed by atoms with Gasteiger partial charge >= 0.3 is 6.18 Å². The number of sulfonamides is 1. The molecular weight excluding hydrogens is 491 g/mol. The topological polar surface area (TPSA) is 124 Å². The number of methoxy groups -OCH3 is 2. The van der Waals surface area contributed by atoms with Gasteiger partial charge in [-0.05, 0) is 18.2 Å². The van der Waals surface area contributed by atoms with Gasteiger partial charge in [-0.15, -0.1) is 0 Å². The Kier molecular flexibility index (Phi) is 4.82. The number of hydrogen-bond acceptors (Lipinski definition) is 7. The number of anilines is 2. The zero-order chi connectivity index (χ0) is 30.5. The fraction of sp³-hybridized carbons (Fsp3) is 0.368. The number of alkyl halides is 3. The molecule has 0 radical (unpaired) electrons. The molecule has 9 nitrogen and oxygen atoms in total. The van der Waals surface area contributed by atoms with E-state index in [9.17, 15) is 35.2 Å². The van der Waals surface area contributed by atoms with E-state index in [0.29, 0.717) is 17.0 Å². The first kappa shape index (κ1) is 18.3. The average molecular weight is 516 g/mol. The molecule has 2 aromatic rings. The maximum Gasteiger partial charge on any atom is 0.419 e. The summed E-state index contributed by atoms with van der Waals surface area (Å²) < 4.78 is 147. The Bertz CT molecular complexity index is 1410. The van der Waals surface area contributed by atoms with Crippen LogP contribution in [0.5, 0.6) is 5.75 Å². The lowest BCUT2D eigenvalue weighted by Gasteiger charge is -2.31. The summed E-state index contributed by atoms with van der Waals surface area (Å²) in [6.07, 6.45) is -5.99. The Labute approximate surface area is 199 Å².